The van der Waals surface area contributed by atoms with Crippen LogP contribution in [0.4, 0.5) is 0 Å². The van der Waals surface area contributed by atoms with Gasteiger partial charge in [-0.2, -0.15) is 0 Å². The van der Waals surface area contributed by atoms with Gasteiger partial charge in [0.25, 0.3) is 0 Å². The highest BCUT2D eigenvalue weighted by molar-refractivity contribution is 5.88. The lowest BCUT2D eigenvalue weighted by Gasteiger charge is -2.49. The van der Waals surface area contributed by atoms with E-state index in [2.05, 4.69) is 5.16 Å². The Morgan fingerprint density at radius 2 is 1.53 bits per heavy atom. The Bertz CT molecular complexity index is 1210. The Hall–Kier alpha value is -1.21. The number of aliphatic hydroxyl groups is 5. The quantitative estimate of drug-likeness (QED) is 0.125. The third-order valence-corrected chi connectivity index (χ3v) is 12.0. The first-order valence-electron chi connectivity index (χ1n) is 18.7. The van der Waals surface area contributed by atoms with Crippen molar-refractivity contribution in [2.24, 2.45) is 28.8 Å². The van der Waals surface area contributed by atoms with Crippen LogP contribution in [0.15, 0.2) is 5.16 Å². The van der Waals surface area contributed by atoms with Gasteiger partial charge in [-0.05, 0) is 74.9 Å². The SMILES string of the molecule is CC[C@H]1OC(=O)[C@H](C)[C@@H](O[C@@H]2C[C@@](C)(OC)[C@@H](O)[C@H](C)O2)[C@@H](C)[C@@H](O[C@@H]2O[C@H](C)C[C@H](N(C)C)[C@H]2O)[C@](C)(O)C[C@@H](C)/C(=N/O)[C@@H](C)[C@@H](O)[C@]1(C)O.Cl. The average Bonchev–Trinajstić information content (AvgIpc) is 3.06. The third kappa shape index (κ3) is 10.4. The molecule has 0 radical (unpaired) electrons. The maximum atomic E-state index is 14.1. The van der Waals surface area contributed by atoms with E-state index in [0.717, 1.165) is 0 Å². The van der Waals surface area contributed by atoms with Gasteiger partial charge in [-0.3, -0.25) is 4.79 Å². The van der Waals surface area contributed by atoms with Crippen molar-refractivity contribution in [3.8, 4) is 0 Å². The number of oxime groups is 1. The molecule has 0 aromatic heterocycles. The molecule has 0 aromatic carbocycles. The first-order valence-corrected chi connectivity index (χ1v) is 18.7. The standard InChI is InChI=1S/C37H68N2O13.ClH/c1-14-25-37(10,45)30(41)20(4)27(38-46)18(2)16-35(8,44)32(52-34-28(40)24(39(11)12)15-19(3)48-34)21(5)29(22(6)33(43)50-25)51-26-17-36(9,47-13)31(42)23(7)49-26;/h18-26,28-32,34,40-42,44-46H,14-17H2,1-13H3;1H/b38-27-;/t18-,19-,20-,21-,22-,23+,24+,25-,26-,28-,29+,30-,31+,32-,34+,35-,36-,37-;/m1./s1. The fourth-order valence-electron chi connectivity index (χ4n) is 8.61. The lowest BCUT2D eigenvalue weighted by atomic mass is 9.73. The van der Waals surface area contributed by atoms with Gasteiger partial charge < -0.3 is 64.1 Å². The zero-order valence-electron chi connectivity index (χ0n) is 33.8. The van der Waals surface area contributed by atoms with E-state index in [-0.39, 0.29) is 49.5 Å². The van der Waals surface area contributed by atoms with Gasteiger partial charge in [-0.15, -0.1) is 12.4 Å². The van der Waals surface area contributed by atoms with Crippen molar-refractivity contribution in [1.29, 1.82) is 0 Å². The number of carbonyl (C=O) groups is 1. The summed E-state index contributed by atoms with van der Waals surface area (Å²) in [5, 5.41) is 71.8. The Labute approximate surface area is 321 Å². The zero-order chi connectivity index (χ0) is 39.7. The van der Waals surface area contributed by atoms with E-state index in [1.54, 1.807) is 55.4 Å². The maximum absolute atomic E-state index is 14.1. The number of cyclic esters (lactones) is 1. The molecule has 0 saturated carbocycles. The molecular weight excluding hydrogens is 716 g/mol. The van der Waals surface area contributed by atoms with E-state index in [4.69, 9.17) is 28.4 Å². The fraction of sp³-hybridized carbons (Fsp3) is 0.946. The summed E-state index contributed by atoms with van der Waals surface area (Å²) in [5.41, 5.74) is -4.68. The molecule has 3 aliphatic rings. The van der Waals surface area contributed by atoms with Crippen LogP contribution in [0.5, 0.6) is 0 Å². The van der Waals surface area contributed by atoms with Crippen LogP contribution in [-0.4, -0.2) is 153 Å². The number of hydrogen-bond donors (Lipinski definition) is 6. The Morgan fingerprint density at radius 3 is 2.06 bits per heavy atom. The second-order valence-electron chi connectivity index (χ2n) is 16.6. The summed E-state index contributed by atoms with van der Waals surface area (Å²) in [6, 6.07) is -0.322. The molecule has 0 aliphatic carbocycles. The van der Waals surface area contributed by atoms with Gasteiger partial charge in [0, 0.05) is 37.3 Å². The highest BCUT2D eigenvalue weighted by Gasteiger charge is 2.53. The van der Waals surface area contributed by atoms with Gasteiger partial charge in [-0.1, -0.05) is 32.9 Å². The summed E-state index contributed by atoms with van der Waals surface area (Å²) in [6.45, 7) is 16.6. The number of rotatable bonds is 7. The molecule has 0 amide bonds. The maximum Gasteiger partial charge on any atom is 0.311 e. The van der Waals surface area contributed by atoms with Gasteiger partial charge in [0.2, 0.25) is 0 Å². The number of aliphatic hydroxyl groups excluding tert-OH is 3. The number of halogens is 1. The Kier molecular flexibility index (Phi) is 17.0. The molecule has 0 aromatic rings. The number of likely N-dealkylation sites (N-methyl/N-ethyl adjacent to an activating group) is 1. The van der Waals surface area contributed by atoms with Crippen LogP contribution in [0.2, 0.25) is 0 Å². The van der Waals surface area contributed by atoms with Crippen molar-refractivity contribution in [1.82, 2.24) is 4.90 Å². The van der Waals surface area contributed by atoms with Crippen LogP contribution < -0.4 is 0 Å². The van der Waals surface area contributed by atoms with E-state index in [0.29, 0.717) is 6.42 Å². The molecule has 0 bridgehead atoms. The van der Waals surface area contributed by atoms with E-state index in [1.807, 2.05) is 25.9 Å². The second kappa shape index (κ2) is 18.8. The summed E-state index contributed by atoms with van der Waals surface area (Å²) in [6.07, 6.45) is -9.51. The first kappa shape index (κ1) is 47.9. The largest absolute Gasteiger partial charge is 0.459 e. The van der Waals surface area contributed by atoms with Crippen molar-refractivity contribution in [2.75, 3.05) is 21.2 Å². The van der Waals surface area contributed by atoms with Crippen LogP contribution in [0.25, 0.3) is 0 Å². The van der Waals surface area contributed by atoms with Gasteiger partial charge in [0.1, 0.15) is 23.9 Å². The van der Waals surface area contributed by atoms with Crippen LogP contribution in [0, 0.1) is 23.7 Å². The molecule has 0 unspecified atom stereocenters. The van der Waals surface area contributed by atoms with Gasteiger partial charge in [0.15, 0.2) is 12.6 Å². The van der Waals surface area contributed by atoms with Gasteiger partial charge >= 0.3 is 5.97 Å². The molecule has 3 rings (SSSR count). The molecule has 15 nitrogen and oxygen atoms in total. The third-order valence-electron chi connectivity index (χ3n) is 12.0. The molecular formula is C37H69ClN2O13. The summed E-state index contributed by atoms with van der Waals surface area (Å²) in [4.78, 5) is 16.0. The number of esters is 1. The second-order valence-corrected chi connectivity index (χ2v) is 16.6. The van der Waals surface area contributed by atoms with Gasteiger partial charge in [-0.25, -0.2) is 0 Å². The summed E-state index contributed by atoms with van der Waals surface area (Å²) >= 11 is 0. The first-order chi connectivity index (χ1) is 24.0. The van der Waals surface area contributed by atoms with E-state index in [9.17, 15) is 35.5 Å². The lowest BCUT2D eigenvalue weighted by Crippen LogP contribution is -2.61. The predicted octanol–water partition coefficient (Wildman–Crippen LogP) is 2.47. The topological polar surface area (TPSA) is 209 Å². The fourth-order valence-corrected chi connectivity index (χ4v) is 8.61. The molecule has 3 aliphatic heterocycles. The summed E-state index contributed by atoms with van der Waals surface area (Å²) in [5.74, 6) is -4.24. The van der Waals surface area contributed by atoms with Crippen molar-refractivity contribution in [3.05, 3.63) is 0 Å². The molecule has 312 valence electrons. The van der Waals surface area contributed by atoms with Crippen molar-refractivity contribution < 1.29 is 64.0 Å². The summed E-state index contributed by atoms with van der Waals surface area (Å²) in [7, 11) is 5.19. The molecule has 18 atom stereocenters. The minimum Gasteiger partial charge on any atom is -0.459 e. The van der Waals surface area contributed by atoms with E-state index >= 15 is 0 Å². The van der Waals surface area contributed by atoms with Crippen LogP contribution in [-0.2, 0) is 33.2 Å². The minimum atomic E-state index is -1.97. The number of nitrogens with zero attached hydrogens (tertiary/aromatic N) is 2. The monoisotopic (exact) mass is 784 g/mol. The highest BCUT2D eigenvalue weighted by Crippen LogP contribution is 2.41. The van der Waals surface area contributed by atoms with Gasteiger partial charge in [0.05, 0.1) is 53.4 Å². The number of hydrogen-bond acceptors (Lipinski definition) is 15. The Balaban J connectivity index is 0.00000972. The van der Waals surface area contributed by atoms with Crippen molar-refractivity contribution in [3.63, 3.8) is 0 Å². The smallest absolute Gasteiger partial charge is 0.311 e. The molecule has 53 heavy (non-hydrogen) atoms. The summed E-state index contributed by atoms with van der Waals surface area (Å²) < 4.78 is 37.2. The van der Waals surface area contributed by atoms with Crippen LogP contribution >= 0.6 is 12.4 Å². The minimum absolute atomic E-state index is 0. The van der Waals surface area contributed by atoms with Crippen molar-refractivity contribution >= 4 is 24.1 Å². The molecule has 0 spiro atoms. The van der Waals surface area contributed by atoms with Crippen molar-refractivity contribution in [2.45, 2.75) is 179 Å². The van der Waals surface area contributed by atoms with E-state index < -0.39 is 102 Å². The molecule has 3 saturated heterocycles. The highest BCUT2D eigenvalue weighted by atomic mass is 35.5. The zero-order valence-corrected chi connectivity index (χ0v) is 34.6. The molecule has 3 heterocycles. The number of ether oxygens (including phenoxy) is 6. The molecule has 16 heteroatoms. The predicted molar refractivity (Wildman–Crippen MR) is 198 cm³/mol. The van der Waals surface area contributed by atoms with E-state index in [1.165, 1.54) is 14.0 Å². The Morgan fingerprint density at radius 1 is 0.925 bits per heavy atom. The lowest BCUT2D eigenvalue weighted by molar-refractivity contribution is -0.317. The molecule has 6 N–H and O–H groups in total. The number of carbonyl (C=O) groups excluding carboxylic acids is 1. The van der Waals surface area contributed by atoms with Crippen LogP contribution in [0.1, 0.15) is 94.9 Å². The normalized spacial score (nSPS) is 48.8. The van der Waals surface area contributed by atoms with Crippen LogP contribution in [0.3, 0.4) is 0 Å². The average molecular weight is 785 g/mol. The number of methoxy groups -OCH3 is 1. The molecule has 3 fully saturated rings.